The maximum atomic E-state index is 12.0. The molecule has 0 aliphatic heterocycles. The van der Waals surface area contributed by atoms with Crippen molar-refractivity contribution in [2.75, 3.05) is 0 Å². The largest absolute Gasteiger partial charge is 0.459 e. The van der Waals surface area contributed by atoms with Gasteiger partial charge in [-0.1, -0.05) is 36.5 Å². The molecular formula is C12H15Cl2NO4S. The van der Waals surface area contributed by atoms with Crippen molar-refractivity contribution in [3.8, 4) is 0 Å². The summed E-state index contributed by atoms with van der Waals surface area (Å²) in [7, 11) is -4.04. The minimum atomic E-state index is -4.04. The molecule has 0 saturated heterocycles. The summed E-state index contributed by atoms with van der Waals surface area (Å²) in [6.45, 7) is 3.70. The second kappa shape index (κ2) is 6.76. The lowest BCUT2D eigenvalue weighted by Crippen LogP contribution is -2.17. The van der Waals surface area contributed by atoms with E-state index in [1.165, 1.54) is 0 Å². The number of hydrogen-bond acceptors (Lipinski definition) is 4. The number of halogens is 2. The van der Waals surface area contributed by atoms with E-state index in [0.29, 0.717) is 6.42 Å². The third kappa shape index (κ3) is 4.34. The van der Waals surface area contributed by atoms with E-state index in [9.17, 15) is 13.2 Å². The van der Waals surface area contributed by atoms with Crippen molar-refractivity contribution in [1.29, 1.82) is 0 Å². The normalized spacial score (nSPS) is 13.1. The fourth-order valence-electron chi connectivity index (χ4n) is 1.62. The summed E-state index contributed by atoms with van der Waals surface area (Å²) in [6, 6.07) is 2.19. The molecule has 0 fully saturated rings. The molecule has 20 heavy (non-hydrogen) atoms. The molecule has 8 heteroatoms. The van der Waals surface area contributed by atoms with E-state index < -0.39 is 16.0 Å². The van der Waals surface area contributed by atoms with Gasteiger partial charge in [0.1, 0.15) is 4.90 Å². The van der Waals surface area contributed by atoms with Gasteiger partial charge < -0.3 is 4.74 Å². The maximum Gasteiger partial charge on any atom is 0.339 e. The molecule has 0 heterocycles. The zero-order valence-corrected chi connectivity index (χ0v) is 13.3. The molecular weight excluding hydrogens is 325 g/mol. The van der Waals surface area contributed by atoms with Gasteiger partial charge in [-0.3, -0.25) is 0 Å². The van der Waals surface area contributed by atoms with E-state index in [1.54, 1.807) is 6.92 Å². The van der Waals surface area contributed by atoms with E-state index in [-0.39, 0.29) is 26.6 Å². The van der Waals surface area contributed by atoms with E-state index in [4.69, 9.17) is 33.1 Å². The highest BCUT2D eigenvalue weighted by atomic mass is 35.5. The van der Waals surface area contributed by atoms with Gasteiger partial charge in [-0.25, -0.2) is 18.4 Å². The quantitative estimate of drug-likeness (QED) is 0.835. The van der Waals surface area contributed by atoms with Crippen LogP contribution in [0.4, 0.5) is 0 Å². The van der Waals surface area contributed by atoms with E-state index in [0.717, 1.165) is 18.6 Å². The van der Waals surface area contributed by atoms with Crippen LogP contribution in [0.5, 0.6) is 0 Å². The molecule has 5 nitrogen and oxygen atoms in total. The van der Waals surface area contributed by atoms with Gasteiger partial charge in [0.2, 0.25) is 10.0 Å². The second-order valence-electron chi connectivity index (χ2n) is 4.31. The number of carbonyl (C=O) groups excluding carboxylic acids is 1. The minimum absolute atomic E-state index is 0.0103. The van der Waals surface area contributed by atoms with E-state index in [2.05, 4.69) is 0 Å². The highest BCUT2D eigenvalue weighted by Gasteiger charge is 2.21. The number of esters is 1. The van der Waals surface area contributed by atoms with Gasteiger partial charge in [0.25, 0.3) is 0 Å². The molecule has 0 amide bonds. The lowest BCUT2D eigenvalue weighted by atomic mass is 10.2. The predicted molar refractivity (Wildman–Crippen MR) is 77.6 cm³/mol. The molecule has 0 saturated carbocycles. The number of benzene rings is 1. The van der Waals surface area contributed by atoms with Gasteiger partial charge >= 0.3 is 5.97 Å². The second-order valence-corrected chi connectivity index (χ2v) is 6.66. The van der Waals surface area contributed by atoms with Crippen molar-refractivity contribution >= 4 is 39.2 Å². The Morgan fingerprint density at radius 3 is 2.45 bits per heavy atom. The van der Waals surface area contributed by atoms with Gasteiger partial charge in [-0.2, -0.15) is 0 Å². The summed E-state index contributed by atoms with van der Waals surface area (Å²) >= 11 is 11.6. The van der Waals surface area contributed by atoms with Crippen LogP contribution in [0.3, 0.4) is 0 Å². The van der Waals surface area contributed by atoms with Crippen LogP contribution in [0.1, 0.15) is 37.0 Å². The third-order valence-electron chi connectivity index (χ3n) is 2.55. The van der Waals surface area contributed by atoms with Crippen LogP contribution < -0.4 is 5.14 Å². The first-order chi connectivity index (χ1) is 9.16. The molecule has 0 spiro atoms. The standard InChI is InChI=1S/C12H15Cl2NO4S/c1-3-4-7(2)19-12(16)8-5-11(20(15,17)18)10(14)6-9(8)13/h5-7H,3-4H2,1-2H3,(H2,15,17,18). The summed E-state index contributed by atoms with van der Waals surface area (Å²) in [5.74, 6) is -0.711. The maximum absolute atomic E-state index is 12.0. The van der Waals surface area contributed by atoms with Crippen LogP contribution in [0.2, 0.25) is 10.0 Å². The molecule has 1 atom stereocenters. The van der Waals surface area contributed by atoms with Gasteiger partial charge in [0.05, 0.1) is 21.7 Å². The number of sulfonamides is 1. The lowest BCUT2D eigenvalue weighted by molar-refractivity contribution is 0.0323. The van der Waals surface area contributed by atoms with Crippen LogP contribution in [0.25, 0.3) is 0 Å². The Kier molecular flexibility index (Phi) is 5.82. The lowest BCUT2D eigenvalue weighted by Gasteiger charge is -2.13. The first-order valence-corrected chi connectivity index (χ1v) is 8.19. The number of rotatable bonds is 5. The van der Waals surface area contributed by atoms with Crippen molar-refractivity contribution in [3.63, 3.8) is 0 Å². The van der Waals surface area contributed by atoms with Crippen molar-refractivity contribution in [3.05, 3.63) is 27.7 Å². The highest BCUT2D eigenvalue weighted by molar-refractivity contribution is 7.89. The Morgan fingerprint density at radius 1 is 1.35 bits per heavy atom. The van der Waals surface area contributed by atoms with Crippen molar-refractivity contribution in [2.45, 2.75) is 37.7 Å². The van der Waals surface area contributed by atoms with Gasteiger partial charge in [-0.15, -0.1) is 0 Å². The monoisotopic (exact) mass is 339 g/mol. The SMILES string of the molecule is CCCC(C)OC(=O)c1cc(S(N)(=O)=O)c(Cl)cc1Cl. The Morgan fingerprint density at radius 2 is 1.95 bits per heavy atom. The Labute approximate surface area is 128 Å². The topological polar surface area (TPSA) is 86.5 Å². The fraction of sp³-hybridized carbons (Fsp3) is 0.417. The number of primary sulfonamides is 1. The van der Waals surface area contributed by atoms with Crippen molar-refractivity contribution in [2.24, 2.45) is 5.14 Å². The fourth-order valence-corrected chi connectivity index (χ4v) is 3.01. The number of nitrogens with two attached hydrogens (primary N) is 1. The van der Waals surface area contributed by atoms with E-state index in [1.807, 2.05) is 6.92 Å². The predicted octanol–water partition coefficient (Wildman–Crippen LogP) is 2.99. The molecule has 112 valence electrons. The molecule has 2 N–H and O–H groups in total. The Hall–Kier alpha value is -0.820. The zero-order chi connectivity index (χ0) is 15.5. The van der Waals surface area contributed by atoms with Gasteiger partial charge in [-0.05, 0) is 25.5 Å². The summed E-state index contributed by atoms with van der Waals surface area (Å²) in [4.78, 5) is 11.6. The summed E-state index contributed by atoms with van der Waals surface area (Å²) in [5.41, 5.74) is -0.0805. The molecule has 1 rings (SSSR count). The molecule has 1 aromatic carbocycles. The van der Waals surface area contributed by atoms with Crippen LogP contribution in [-0.4, -0.2) is 20.5 Å². The number of hydrogen-bond donors (Lipinski definition) is 1. The summed E-state index contributed by atoms with van der Waals surface area (Å²) in [6.07, 6.45) is 1.25. The smallest absolute Gasteiger partial charge is 0.339 e. The van der Waals surface area contributed by atoms with Gasteiger partial charge in [0.15, 0.2) is 0 Å². The van der Waals surface area contributed by atoms with Crippen molar-refractivity contribution in [1.82, 2.24) is 0 Å². The zero-order valence-electron chi connectivity index (χ0n) is 11.0. The highest BCUT2D eigenvalue weighted by Crippen LogP contribution is 2.28. The first kappa shape index (κ1) is 17.2. The average molecular weight is 340 g/mol. The van der Waals surface area contributed by atoms with Crippen LogP contribution in [-0.2, 0) is 14.8 Å². The van der Waals surface area contributed by atoms with E-state index >= 15 is 0 Å². The first-order valence-electron chi connectivity index (χ1n) is 5.89. The molecule has 0 radical (unpaired) electrons. The Bertz CT molecular complexity index is 616. The van der Waals surface area contributed by atoms with Gasteiger partial charge in [0, 0.05) is 0 Å². The summed E-state index contributed by atoms with van der Waals surface area (Å²) in [5, 5.41) is 4.89. The molecule has 1 aromatic rings. The van der Waals surface area contributed by atoms with Crippen LogP contribution in [0, 0.1) is 0 Å². The van der Waals surface area contributed by atoms with Crippen LogP contribution in [0.15, 0.2) is 17.0 Å². The molecule has 0 bridgehead atoms. The molecule has 0 aliphatic carbocycles. The molecule has 0 aliphatic rings. The number of ether oxygens (including phenoxy) is 1. The Balaban J connectivity index is 3.16. The van der Waals surface area contributed by atoms with Crippen molar-refractivity contribution < 1.29 is 17.9 Å². The third-order valence-corrected chi connectivity index (χ3v) is 4.24. The molecule has 1 unspecified atom stereocenters. The summed E-state index contributed by atoms with van der Waals surface area (Å²) < 4.78 is 27.9. The minimum Gasteiger partial charge on any atom is -0.459 e. The van der Waals surface area contributed by atoms with Crippen LogP contribution >= 0.6 is 23.2 Å². The number of carbonyl (C=O) groups is 1. The molecule has 0 aromatic heterocycles. The average Bonchev–Trinajstić information content (AvgIpc) is 2.26.